The maximum Gasteiger partial charge on any atom is 0.254 e. The molecular weight excluding hydrogens is 414 g/mol. The number of hydrogen-bond donors (Lipinski definition) is 0. The molecule has 0 bridgehead atoms. The SMILES string of the molecule is Cc1cc(N2CCN(C(=O)c3cc(C(C)C)nc4c3cnn4C(C)C)CC2)nc(C(C)C)n1. The van der Waals surface area contributed by atoms with Gasteiger partial charge in [0.05, 0.1) is 17.1 Å². The Labute approximate surface area is 196 Å². The van der Waals surface area contributed by atoms with Crippen LogP contribution in [-0.4, -0.2) is 61.7 Å². The first-order chi connectivity index (χ1) is 15.7. The quantitative estimate of drug-likeness (QED) is 0.577. The van der Waals surface area contributed by atoms with Gasteiger partial charge >= 0.3 is 0 Å². The minimum absolute atomic E-state index is 0.0500. The summed E-state index contributed by atoms with van der Waals surface area (Å²) in [5, 5.41) is 5.35. The Morgan fingerprint density at radius 2 is 1.61 bits per heavy atom. The second-order valence-electron chi connectivity index (χ2n) is 9.83. The molecule has 0 atom stereocenters. The smallest absolute Gasteiger partial charge is 0.254 e. The average molecular weight is 450 g/mol. The Kier molecular flexibility index (Phi) is 6.36. The van der Waals surface area contributed by atoms with E-state index in [4.69, 9.17) is 9.97 Å². The van der Waals surface area contributed by atoms with Crippen LogP contribution in [0, 0.1) is 6.92 Å². The van der Waals surface area contributed by atoms with Crippen molar-refractivity contribution in [3.8, 4) is 0 Å². The van der Waals surface area contributed by atoms with Gasteiger partial charge in [0, 0.05) is 55.6 Å². The first-order valence-electron chi connectivity index (χ1n) is 11.9. The van der Waals surface area contributed by atoms with Crippen molar-refractivity contribution in [1.82, 2.24) is 29.6 Å². The molecule has 3 aromatic rings. The first kappa shape index (κ1) is 23.1. The van der Waals surface area contributed by atoms with E-state index in [0.717, 1.165) is 47.2 Å². The average Bonchev–Trinajstić information content (AvgIpc) is 3.22. The van der Waals surface area contributed by atoms with Gasteiger partial charge in [0.25, 0.3) is 5.91 Å². The Morgan fingerprint density at radius 1 is 0.909 bits per heavy atom. The number of rotatable bonds is 5. The molecule has 176 valence electrons. The van der Waals surface area contributed by atoms with Gasteiger partial charge in [-0.2, -0.15) is 5.10 Å². The van der Waals surface area contributed by atoms with Crippen LogP contribution in [0.5, 0.6) is 0 Å². The number of aromatic nitrogens is 5. The second-order valence-corrected chi connectivity index (χ2v) is 9.83. The normalized spacial score (nSPS) is 14.8. The largest absolute Gasteiger partial charge is 0.353 e. The van der Waals surface area contributed by atoms with Crippen molar-refractivity contribution < 1.29 is 4.79 Å². The number of amides is 1. The van der Waals surface area contributed by atoms with E-state index in [1.165, 1.54) is 0 Å². The van der Waals surface area contributed by atoms with E-state index in [-0.39, 0.29) is 23.8 Å². The fourth-order valence-corrected chi connectivity index (χ4v) is 4.19. The molecule has 1 fully saturated rings. The van der Waals surface area contributed by atoms with Gasteiger partial charge < -0.3 is 9.80 Å². The van der Waals surface area contributed by atoms with Crippen molar-refractivity contribution in [2.24, 2.45) is 0 Å². The van der Waals surface area contributed by atoms with Crippen molar-refractivity contribution in [2.75, 3.05) is 31.1 Å². The van der Waals surface area contributed by atoms with Gasteiger partial charge in [-0.1, -0.05) is 27.7 Å². The number of pyridine rings is 1. The van der Waals surface area contributed by atoms with Gasteiger partial charge in [0.2, 0.25) is 0 Å². The van der Waals surface area contributed by atoms with E-state index in [9.17, 15) is 4.79 Å². The molecule has 0 saturated carbocycles. The molecule has 4 rings (SSSR count). The summed E-state index contributed by atoms with van der Waals surface area (Å²) in [5.41, 5.74) is 3.38. The third-order valence-electron chi connectivity index (χ3n) is 6.16. The fraction of sp³-hybridized carbons (Fsp3) is 0.560. The summed E-state index contributed by atoms with van der Waals surface area (Å²) in [6.45, 7) is 17.4. The van der Waals surface area contributed by atoms with E-state index in [1.807, 2.05) is 28.6 Å². The zero-order valence-electron chi connectivity index (χ0n) is 20.8. The van der Waals surface area contributed by atoms with Crippen LogP contribution in [0.3, 0.4) is 0 Å². The molecule has 0 aromatic carbocycles. The summed E-state index contributed by atoms with van der Waals surface area (Å²) in [5.74, 6) is 2.37. The lowest BCUT2D eigenvalue weighted by Gasteiger charge is -2.35. The van der Waals surface area contributed by atoms with Crippen LogP contribution in [0.2, 0.25) is 0 Å². The fourth-order valence-electron chi connectivity index (χ4n) is 4.19. The first-order valence-corrected chi connectivity index (χ1v) is 11.9. The molecule has 0 radical (unpaired) electrons. The van der Waals surface area contributed by atoms with Crippen LogP contribution < -0.4 is 4.90 Å². The molecule has 0 unspecified atom stereocenters. The number of carbonyl (C=O) groups is 1. The molecule has 8 heteroatoms. The zero-order valence-corrected chi connectivity index (χ0v) is 20.8. The highest BCUT2D eigenvalue weighted by molar-refractivity contribution is 6.05. The molecule has 0 spiro atoms. The van der Waals surface area contributed by atoms with Gasteiger partial charge in [-0.25, -0.2) is 19.6 Å². The van der Waals surface area contributed by atoms with Crippen molar-refractivity contribution in [3.05, 3.63) is 41.1 Å². The van der Waals surface area contributed by atoms with Crippen LogP contribution >= 0.6 is 0 Å². The second kappa shape index (κ2) is 9.08. The van der Waals surface area contributed by atoms with Crippen molar-refractivity contribution in [1.29, 1.82) is 0 Å². The van der Waals surface area contributed by atoms with E-state index >= 15 is 0 Å². The Hall–Kier alpha value is -3.03. The summed E-state index contributed by atoms with van der Waals surface area (Å²) in [7, 11) is 0. The monoisotopic (exact) mass is 449 g/mol. The third kappa shape index (κ3) is 4.56. The molecule has 4 heterocycles. The number of carbonyl (C=O) groups excluding carboxylic acids is 1. The molecule has 1 amide bonds. The number of nitrogens with zero attached hydrogens (tertiary/aromatic N) is 7. The van der Waals surface area contributed by atoms with Crippen LogP contribution in [-0.2, 0) is 0 Å². The highest BCUT2D eigenvalue weighted by Gasteiger charge is 2.27. The molecule has 33 heavy (non-hydrogen) atoms. The van der Waals surface area contributed by atoms with Gasteiger partial charge in [-0.05, 0) is 32.8 Å². The number of piperazine rings is 1. The summed E-state index contributed by atoms with van der Waals surface area (Å²) in [4.78, 5) is 32.0. The standard InChI is InChI=1S/C25H35N7O/c1-15(2)21-13-19(20-14-26-32(17(5)6)24(20)28-21)25(33)31-10-8-30(9-11-31)22-12-18(7)27-23(29-22)16(3)4/h12-17H,8-11H2,1-7H3. The van der Waals surface area contributed by atoms with Crippen LogP contribution in [0.1, 0.15) is 87.0 Å². The summed E-state index contributed by atoms with van der Waals surface area (Å²) >= 11 is 0. The summed E-state index contributed by atoms with van der Waals surface area (Å²) < 4.78 is 1.90. The van der Waals surface area contributed by atoms with Gasteiger partial charge in [-0.15, -0.1) is 0 Å². The number of fused-ring (bicyclic) bond motifs is 1. The van der Waals surface area contributed by atoms with Gasteiger partial charge in [0.1, 0.15) is 11.6 Å². The third-order valence-corrected chi connectivity index (χ3v) is 6.16. The minimum atomic E-state index is 0.0500. The molecule has 0 aliphatic carbocycles. The highest BCUT2D eigenvalue weighted by Crippen LogP contribution is 2.26. The molecule has 1 aliphatic rings. The van der Waals surface area contributed by atoms with E-state index in [2.05, 4.69) is 56.5 Å². The molecule has 8 nitrogen and oxygen atoms in total. The Morgan fingerprint density at radius 3 is 2.21 bits per heavy atom. The predicted octanol–water partition coefficient (Wildman–Crippen LogP) is 4.32. The molecule has 0 N–H and O–H groups in total. The lowest BCUT2D eigenvalue weighted by Crippen LogP contribution is -2.49. The lowest BCUT2D eigenvalue weighted by atomic mass is 10.0. The predicted molar refractivity (Wildman–Crippen MR) is 131 cm³/mol. The van der Waals surface area contributed by atoms with Gasteiger partial charge in [-0.3, -0.25) is 4.79 Å². The minimum Gasteiger partial charge on any atom is -0.353 e. The Bertz CT molecular complexity index is 1160. The Balaban J connectivity index is 1.58. The molecule has 1 saturated heterocycles. The van der Waals surface area contributed by atoms with E-state index < -0.39 is 0 Å². The summed E-state index contributed by atoms with van der Waals surface area (Å²) in [6, 6.07) is 4.16. The maximum absolute atomic E-state index is 13.6. The van der Waals surface area contributed by atoms with Crippen molar-refractivity contribution in [3.63, 3.8) is 0 Å². The molecule has 1 aliphatic heterocycles. The lowest BCUT2D eigenvalue weighted by molar-refractivity contribution is 0.0748. The maximum atomic E-state index is 13.6. The van der Waals surface area contributed by atoms with Crippen molar-refractivity contribution >= 4 is 22.8 Å². The molecular formula is C25H35N7O. The molecule has 3 aromatic heterocycles. The zero-order chi connectivity index (χ0) is 23.9. The topological polar surface area (TPSA) is 80.0 Å². The number of anilines is 1. The van der Waals surface area contributed by atoms with E-state index in [0.29, 0.717) is 18.7 Å². The van der Waals surface area contributed by atoms with Crippen molar-refractivity contribution in [2.45, 2.75) is 66.3 Å². The number of aryl methyl sites for hydroxylation is 1. The van der Waals surface area contributed by atoms with Crippen LogP contribution in [0.15, 0.2) is 18.3 Å². The highest BCUT2D eigenvalue weighted by atomic mass is 16.2. The van der Waals surface area contributed by atoms with Gasteiger partial charge in [0.15, 0.2) is 5.65 Å². The summed E-state index contributed by atoms with van der Waals surface area (Å²) in [6.07, 6.45) is 1.78. The van der Waals surface area contributed by atoms with Crippen LogP contribution in [0.25, 0.3) is 11.0 Å². The van der Waals surface area contributed by atoms with E-state index in [1.54, 1.807) is 6.20 Å². The van der Waals surface area contributed by atoms with Crippen LogP contribution in [0.4, 0.5) is 5.82 Å². The number of hydrogen-bond acceptors (Lipinski definition) is 6.